The van der Waals surface area contributed by atoms with Gasteiger partial charge in [-0.25, -0.2) is 8.42 Å². The van der Waals surface area contributed by atoms with Crippen LogP contribution in [0, 0.1) is 0 Å². The number of hydrogen-bond donors (Lipinski definition) is 1. The highest BCUT2D eigenvalue weighted by molar-refractivity contribution is 7.92. The third-order valence-electron chi connectivity index (χ3n) is 5.18. The van der Waals surface area contributed by atoms with Gasteiger partial charge >= 0.3 is 0 Å². The Kier molecular flexibility index (Phi) is 7.43. The second-order valence-electron chi connectivity index (χ2n) is 7.41. The van der Waals surface area contributed by atoms with E-state index in [-0.39, 0.29) is 17.7 Å². The molecule has 1 fully saturated rings. The molecule has 1 aliphatic rings. The number of carbonyl (C=O) groups is 1. The molecule has 1 atom stereocenters. The standard InChI is InChI=1S/C23H30N2O5S/c1-4-29-21-13-10-19(16-22(21)30-5-2)17(3)24-23(26)18-8-11-20(12-9-18)25-14-6-7-15-31(25,27)28/h8-13,16-17H,4-7,14-15H2,1-3H3,(H,24,26). The molecule has 3 rings (SSSR count). The van der Waals surface area contributed by atoms with Gasteiger partial charge in [0.25, 0.3) is 5.91 Å². The zero-order valence-corrected chi connectivity index (χ0v) is 19.1. The van der Waals surface area contributed by atoms with E-state index in [4.69, 9.17) is 9.47 Å². The van der Waals surface area contributed by atoms with Crippen LogP contribution < -0.4 is 19.1 Å². The van der Waals surface area contributed by atoms with Crippen molar-refractivity contribution < 1.29 is 22.7 Å². The molecule has 8 heteroatoms. The Morgan fingerprint density at radius 3 is 2.35 bits per heavy atom. The van der Waals surface area contributed by atoms with Crippen LogP contribution in [0.5, 0.6) is 11.5 Å². The molecule has 0 aliphatic carbocycles. The van der Waals surface area contributed by atoms with E-state index in [0.29, 0.717) is 48.9 Å². The highest BCUT2D eigenvalue weighted by atomic mass is 32.2. The van der Waals surface area contributed by atoms with Crippen molar-refractivity contribution in [3.63, 3.8) is 0 Å². The highest BCUT2D eigenvalue weighted by Gasteiger charge is 2.26. The number of nitrogens with one attached hydrogen (secondary N) is 1. The van der Waals surface area contributed by atoms with Crippen molar-refractivity contribution in [2.45, 2.75) is 39.7 Å². The van der Waals surface area contributed by atoms with Gasteiger partial charge in [0.05, 0.1) is 30.7 Å². The average Bonchev–Trinajstić information content (AvgIpc) is 2.75. The second kappa shape index (κ2) is 10.0. The van der Waals surface area contributed by atoms with Gasteiger partial charge in [0.1, 0.15) is 0 Å². The average molecular weight is 447 g/mol. The van der Waals surface area contributed by atoms with E-state index in [1.54, 1.807) is 24.3 Å². The molecule has 31 heavy (non-hydrogen) atoms. The first kappa shape index (κ1) is 22.9. The summed E-state index contributed by atoms with van der Waals surface area (Å²) < 4.78 is 37.2. The van der Waals surface area contributed by atoms with Gasteiger partial charge in [0, 0.05) is 12.1 Å². The fourth-order valence-corrected chi connectivity index (χ4v) is 5.20. The molecular weight excluding hydrogens is 416 g/mol. The van der Waals surface area contributed by atoms with Crippen molar-refractivity contribution in [1.82, 2.24) is 5.32 Å². The van der Waals surface area contributed by atoms with E-state index in [9.17, 15) is 13.2 Å². The Morgan fingerprint density at radius 2 is 1.71 bits per heavy atom. The fraction of sp³-hybridized carbons (Fsp3) is 0.435. The molecular formula is C23H30N2O5S. The number of hydrogen-bond acceptors (Lipinski definition) is 5. The van der Waals surface area contributed by atoms with E-state index < -0.39 is 10.0 Å². The van der Waals surface area contributed by atoms with Crippen LogP contribution in [-0.2, 0) is 10.0 Å². The van der Waals surface area contributed by atoms with Crippen LogP contribution in [0.1, 0.15) is 55.6 Å². The molecule has 1 unspecified atom stereocenters. The van der Waals surface area contributed by atoms with Crippen LogP contribution in [0.15, 0.2) is 42.5 Å². The first-order valence-electron chi connectivity index (χ1n) is 10.7. The maximum absolute atomic E-state index is 12.7. The third kappa shape index (κ3) is 5.50. The quantitative estimate of drug-likeness (QED) is 0.665. The van der Waals surface area contributed by atoms with Gasteiger partial charge in [0.15, 0.2) is 11.5 Å². The summed E-state index contributed by atoms with van der Waals surface area (Å²) in [5, 5.41) is 2.98. The molecule has 1 aliphatic heterocycles. The molecule has 1 saturated heterocycles. The third-order valence-corrected chi connectivity index (χ3v) is 7.05. The van der Waals surface area contributed by atoms with Crippen molar-refractivity contribution in [3.05, 3.63) is 53.6 Å². The van der Waals surface area contributed by atoms with Crippen LogP contribution in [-0.4, -0.2) is 39.8 Å². The number of amides is 1. The first-order valence-corrected chi connectivity index (χ1v) is 12.3. The molecule has 0 aromatic heterocycles. The number of rotatable bonds is 8. The maximum atomic E-state index is 12.7. The number of anilines is 1. The van der Waals surface area contributed by atoms with Gasteiger partial charge in [-0.3, -0.25) is 9.10 Å². The van der Waals surface area contributed by atoms with E-state index in [2.05, 4.69) is 5.32 Å². The molecule has 168 valence electrons. The zero-order valence-electron chi connectivity index (χ0n) is 18.3. The smallest absolute Gasteiger partial charge is 0.251 e. The number of benzene rings is 2. The minimum absolute atomic E-state index is 0.165. The van der Waals surface area contributed by atoms with Crippen molar-refractivity contribution in [3.8, 4) is 11.5 Å². The van der Waals surface area contributed by atoms with Crippen LogP contribution in [0.2, 0.25) is 0 Å². The lowest BCUT2D eigenvalue weighted by Gasteiger charge is -2.28. The summed E-state index contributed by atoms with van der Waals surface area (Å²) in [7, 11) is -3.27. The minimum atomic E-state index is -3.27. The molecule has 2 aromatic carbocycles. The van der Waals surface area contributed by atoms with Crippen LogP contribution >= 0.6 is 0 Å². The summed E-state index contributed by atoms with van der Waals surface area (Å²) in [4.78, 5) is 12.7. The highest BCUT2D eigenvalue weighted by Crippen LogP contribution is 2.31. The van der Waals surface area contributed by atoms with Crippen molar-refractivity contribution in [1.29, 1.82) is 0 Å². The van der Waals surface area contributed by atoms with Crippen molar-refractivity contribution >= 4 is 21.6 Å². The lowest BCUT2D eigenvalue weighted by molar-refractivity contribution is 0.0940. The van der Waals surface area contributed by atoms with Gasteiger partial charge in [-0.1, -0.05) is 6.07 Å². The zero-order chi connectivity index (χ0) is 22.4. The van der Waals surface area contributed by atoms with Crippen LogP contribution in [0.3, 0.4) is 0 Å². The predicted octanol–water partition coefficient (Wildman–Crippen LogP) is 3.91. The predicted molar refractivity (Wildman–Crippen MR) is 121 cm³/mol. The molecule has 1 heterocycles. The summed E-state index contributed by atoms with van der Waals surface area (Å²) in [6.45, 7) is 7.26. The van der Waals surface area contributed by atoms with Crippen molar-refractivity contribution in [2.24, 2.45) is 0 Å². The van der Waals surface area contributed by atoms with E-state index in [1.165, 1.54) is 4.31 Å². The summed E-state index contributed by atoms with van der Waals surface area (Å²) in [6, 6.07) is 12.1. The number of carbonyl (C=O) groups excluding carboxylic acids is 1. The minimum Gasteiger partial charge on any atom is -0.490 e. The molecule has 0 saturated carbocycles. The fourth-order valence-electron chi connectivity index (χ4n) is 3.56. The normalized spacial score (nSPS) is 16.4. The van der Waals surface area contributed by atoms with Gasteiger partial charge < -0.3 is 14.8 Å². The van der Waals surface area contributed by atoms with Crippen LogP contribution in [0.4, 0.5) is 5.69 Å². The Hall–Kier alpha value is -2.74. The lowest BCUT2D eigenvalue weighted by Crippen LogP contribution is -2.37. The number of sulfonamides is 1. The van der Waals surface area contributed by atoms with Gasteiger partial charge in [-0.05, 0) is 75.6 Å². The molecule has 1 amide bonds. The van der Waals surface area contributed by atoms with Gasteiger partial charge in [0.2, 0.25) is 10.0 Å². The SMILES string of the molecule is CCOc1ccc(C(C)NC(=O)c2ccc(N3CCCCS3(=O)=O)cc2)cc1OCC. The molecule has 0 spiro atoms. The summed E-state index contributed by atoms with van der Waals surface area (Å²) in [5.41, 5.74) is 1.97. The first-order chi connectivity index (χ1) is 14.9. The molecule has 0 radical (unpaired) electrons. The van der Waals surface area contributed by atoms with E-state index >= 15 is 0 Å². The van der Waals surface area contributed by atoms with Crippen LogP contribution in [0.25, 0.3) is 0 Å². The van der Waals surface area contributed by atoms with E-state index in [1.807, 2.05) is 39.0 Å². The van der Waals surface area contributed by atoms with Gasteiger partial charge in [-0.2, -0.15) is 0 Å². The Labute approximate surface area is 184 Å². The molecule has 2 aromatic rings. The molecule has 7 nitrogen and oxygen atoms in total. The van der Waals surface area contributed by atoms with E-state index in [0.717, 1.165) is 12.0 Å². The Balaban J connectivity index is 1.70. The van der Waals surface area contributed by atoms with Crippen molar-refractivity contribution in [2.75, 3.05) is 29.8 Å². The number of nitrogens with zero attached hydrogens (tertiary/aromatic N) is 1. The number of ether oxygens (including phenoxy) is 2. The second-order valence-corrected chi connectivity index (χ2v) is 9.42. The summed E-state index contributed by atoms with van der Waals surface area (Å²) in [5.74, 6) is 1.26. The Bertz CT molecular complexity index is 1010. The van der Waals surface area contributed by atoms with Gasteiger partial charge in [-0.15, -0.1) is 0 Å². The summed E-state index contributed by atoms with van der Waals surface area (Å²) in [6.07, 6.45) is 1.53. The largest absolute Gasteiger partial charge is 0.490 e. The molecule has 1 N–H and O–H groups in total. The summed E-state index contributed by atoms with van der Waals surface area (Å²) >= 11 is 0. The maximum Gasteiger partial charge on any atom is 0.251 e. The molecule has 0 bridgehead atoms. The monoisotopic (exact) mass is 446 g/mol. The lowest BCUT2D eigenvalue weighted by atomic mass is 10.1. The Morgan fingerprint density at radius 1 is 1.03 bits per heavy atom. The topological polar surface area (TPSA) is 84.9 Å².